The van der Waals surface area contributed by atoms with Gasteiger partial charge in [-0.2, -0.15) is 5.26 Å². The molecule has 1 N–H and O–H groups in total. The van der Waals surface area contributed by atoms with Crippen molar-refractivity contribution in [1.82, 2.24) is 9.97 Å². The Hall–Kier alpha value is -3.69. The Balaban J connectivity index is 1.24. The second-order valence-corrected chi connectivity index (χ2v) is 9.97. The molecule has 2 aromatic carbocycles. The summed E-state index contributed by atoms with van der Waals surface area (Å²) in [5, 5.41) is 14.4. The van der Waals surface area contributed by atoms with Crippen LogP contribution in [0.15, 0.2) is 71.8 Å². The minimum Gasteiger partial charge on any atom is -0.325 e. The number of para-hydroxylation sites is 1. The molecule has 174 valence electrons. The van der Waals surface area contributed by atoms with Gasteiger partial charge in [-0.3, -0.25) is 9.78 Å². The molecule has 1 aliphatic carbocycles. The number of thioether (sulfide) groups is 1. The van der Waals surface area contributed by atoms with Gasteiger partial charge < -0.3 is 5.32 Å². The molecule has 1 amide bonds. The molecule has 1 atom stereocenters. The molecule has 1 aliphatic rings. The summed E-state index contributed by atoms with van der Waals surface area (Å²) < 4.78 is 0. The first-order valence-electron chi connectivity index (χ1n) is 11.9. The topological polar surface area (TPSA) is 78.7 Å². The van der Waals surface area contributed by atoms with Crippen molar-refractivity contribution in [3.63, 3.8) is 0 Å². The third-order valence-corrected chi connectivity index (χ3v) is 7.42. The number of hydrogen-bond donors (Lipinski definition) is 1. The number of fused-ring (bicyclic) bond motifs is 2. The number of pyridine rings is 2. The Morgan fingerprint density at radius 2 is 1.91 bits per heavy atom. The molecule has 6 heteroatoms. The van der Waals surface area contributed by atoms with Gasteiger partial charge in [-0.1, -0.05) is 48.5 Å². The second-order valence-electron chi connectivity index (χ2n) is 8.88. The summed E-state index contributed by atoms with van der Waals surface area (Å²) in [5.41, 5.74) is 6.70. The Morgan fingerprint density at radius 1 is 1.11 bits per heavy atom. The van der Waals surface area contributed by atoms with Crippen molar-refractivity contribution in [2.45, 2.75) is 43.6 Å². The van der Waals surface area contributed by atoms with Crippen molar-refractivity contribution in [2.24, 2.45) is 0 Å². The lowest BCUT2D eigenvalue weighted by Gasteiger charge is -2.25. The number of aryl methyl sites for hydroxylation is 2. The van der Waals surface area contributed by atoms with Crippen molar-refractivity contribution in [3.8, 4) is 6.07 Å². The summed E-state index contributed by atoms with van der Waals surface area (Å²) in [6, 6.07) is 24.6. The van der Waals surface area contributed by atoms with Gasteiger partial charge in [0.1, 0.15) is 11.1 Å². The van der Waals surface area contributed by atoms with Crippen LogP contribution in [-0.4, -0.2) is 21.6 Å². The van der Waals surface area contributed by atoms with Gasteiger partial charge in [0.2, 0.25) is 5.91 Å². The van der Waals surface area contributed by atoms with Crippen molar-refractivity contribution < 1.29 is 4.79 Å². The number of nitrogens with zero attached hydrogens (tertiary/aromatic N) is 3. The highest BCUT2D eigenvalue weighted by Gasteiger charge is 2.23. The molecule has 2 aromatic heterocycles. The lowest BCUT2D eigenvalue weighted by Crippen LogP contribution is -2.15. The number of anilines is 1. The van der Waals surface area contributed by atoms with E-state index in [2.05, 4.69) is 40.6 Å². The molecular formula is C29H26N4OS. The predicted octanol–water partition coefficient (Wildman–Crippen LogP) is 6.20. The van der Waals surface area contributed by atoms with Gasteiger partial charge in [0.15, 0.2) is 0 Å². The van der Waals surface area contributed by atoms with Crippen LogP contribution >= 0.6 is 11.8 Å². The SMILES string of the molecule is Cc1cc(NC(=O)CCSc2nc3c(cc2C#N)CC(c2ccccc2)CC3)c2ccccc2n1. The molecule has 0 radical (unpaired) electrons. The number of rotatable bonds is 6. The van der Waals surface area contributed by atoms with Crippen molar-refractivity contribution in [2.75, 3.05) is 11.1 Å². The standard InChI is InChI=1S/C29H26N4OS/c1-19-15-27(24-9-5-6-10-26(24)31-19)32-28(34)13-14-35-29-23(18-30)17-22-16-21(11-12-25(22)33-29)20-7-3-2-4-8-20/h2-10,15,17,21H,11-14,16H2,1H3,(H,31,32,34). The predicted molar refractivity (Wildman–Crippen MR) is 141 cm³/mol. The Morgan fingerprint density at radius 3 is 2.74 bits per heavy atom. The van der Waals surface area contributed by atoms with Crippen LogP contribution in [0.5, 0.6) is 0 Å². The zero-order valence-electron chi connectivity index (χ0n) is 19.6. The molecule has 0 aliphatic heterocycles. The largest absolute Gasteiger partial charge is 0.325 e. The lowest BCUT2D eigenvalue weighted by atomic mass is 9.82. The number of hydrogen-bond acceptors (Lipinski definition) is 5. The van der Waals surface area contributed by atoms with E-state index in [1.807, 2.05) is 49.4 Å². The third kappa shape index (κ3) is 5.21. The van der Waals surface area contributed by atoms with Crippen molar-refractivity contribution >= 4 is 34.3 Å². The first-order chi connectivity index (χ1) is 17.1. The third-order valence-electron chi connectivity index (χ3n) is 6.43. The molecule has 0 bridgehead atoms. The maximum absolute atomic E-state index is 12.7. The summed E-state index contributed by atoms with van der Waals surface area (Å²) in [7, 11) is 0. The minimum absolute atomic E-state index is 0.0598. The maximum Gasteiger partial charge on any atom is 0.225 e. The monoisotopic (exact) mass is 478 g/mol. The van der Waals surface area contributed by atoms with Gasteiger partial charge in [-0.25, -0.2) is 4.98 Å². The lowest BCUT2D eigenvalue weighted by molar-refractivity contribution is -0.115. The number of amides is 1. The summed E-state index contributed by atoms with van der Waals surface area (Å²) in [4.78, 5) is 22.1. The number of nitriles is 1. The van der Waals surface area contributed by atoms with E-state index in [9.17, 15) is 10.1 Å². The first-order valence-corrected chi connectivity index (χ1v) is 12.9. The van der Waals surface area contributed by atoms with Gasteiger partial charge in [-0.15, -0.1) is 11.8 Å². The van der Waals surface area contributed by atoms with Crippen LogP contribution in [0.4, 0.5) is 5.69 Å². The van der Waals surface area contributed by atoms with E-state index in [1.54, 1.807) is 0 Å². The summed E-state index contributed by atoms with van der Waals surface area (Å²) in [6.07, 6.45) is 3.21. The fraction of sp³-hybridized carbons (Fsp3) is 0.241. The number of benzene rings is 2. The molecule has 0 fully saturated rings. The molecule has 35 heavy (non-hydrogen) atoms. The summed E-state index contributed by atoms with van der Waals surface area (Å²) in [5.74, 6) is 0.962. The molecule has 2 heterocycles. The fourth-order valence-electron chi connectivity index (χ4n) is 4.71. The Bertz CT molecular complexity index is 1430. The average molecular weight is 479 g/mol. The zero-order valence-corrected chi connectivity index (χ0v) is 20.4. The van der Waals surface area contributed by atoms with Gasteiger partial charge in [0.05, 0.1) is 16.8 Å². The van der Waals surface area contributed by atoms with Crippen molar-refractivity contribution in [3.05, 3.63) is 94.8 Å². The maximum atomic E-state index is 12.7. The highest BCUT2D eigenvalue weighted by Crippen LogP contribution is 2.34. The zero-order chi connectivity index (χ0) is 24.2. The van der Waals surface area contributed by atoms with Gasteiger partial charge in [0.25, 0.3) is 0 Å². The smallest absolute Gasteiger partial charge is 0.225 e. The number of carbonyl (C=O) groups excluding carboxylic acids is 1. The molecule has 4 aromatic rings. The van der Waals surface area contributed by atoms with E-state index in [0.717, 1.165) is 52.3 Å². The molecule has 5 nitrogen and oxygen atoms in total. The van der Waals surface area contributed by atoms with E-state index in [-0.39, 0.29) is 5.91 Å². The molecular weight excluding hydrogens is 452 g/mol. The van der Waals surface area contributed by atoms with Crippen LogP contribution in [-0.2, 0) is 17.6 Å². The van der Waals surface area contributed by atoms with Crippen LogP contribution in [0.1, 0.15) is 46.8 Å². The van der Waals surface area contributed by atoms with E-state index in [1.165, 1.54) is 22.9 Å². The second kappa shape index (κ2) is 10.3. The summed E-state index contributed by atoms with van der Waals surface area (Å²) in [6.45, 7) is 1.92. The molecule has 5 rings (SSSR count). The number of carbonyl (C=O) groups is 1. The van der Waals surface area contributed by atoms with Gasteiger partial charge >= 0.3 is 0 Å². The van der Waals surface area contributed by atoms with Crippen LogP contribution in [0.2, 0.25) is 0 Å². The van der Waals surface area contributed by atoms with E-state index < -0.39 is 0 Å². The average Bonchev–Trinajstić information content (AvgIpc) is 2.88. The van der Waals surface area contributed by atoms with Crippen LogP contribution in [0.3, 0.4) is 0 Å². The molecule has 0 saturated heterocycles. The number of nitrogens with one attached hydrogen (secondary N) is 1. The summed E-state index contributed by atoms with van der Waals surface area (Å²) >= 11 is 1.48. The van der Waals surface area contributed by atoms with E-state index >= 15 is 0 Å². The molecule has 1 unspecified atom stereocenters. The quantitative estimate of drug-likeness (QED) is 0.334. The Labute approximate surface area is 209 Å². The molecule has 0 spiro atoms. The van der Waals surface area contributed by atoms with Crippen LogP contribution < -0.4 is 5.32 Å². The van der Waals surface area contributed by atoms with E-state index in [4.69, 9.17) is 4.98 Å². The van der Waals surface area contributed by atoms with Crippen LogP contribution in [0, 0.1) is 18.3 Å². The Kier molecular flexibility index (Phi) is 6.78. The number of aromatic nitrogens is 2. The fourth-order valence-corrected chi connectivity index (χ4v) is 5.63. The highest BCUT2D eigenvalue weighted by molar-refractivity contribution is 7.99. The van der Waals surface area contributed by atoms with Crippen molar-refractivity contribution in [1.29, 1.82) is 5.26 Å². The first kappa shape index (κ1) is 23.1. The van der Waals surface area contributed by atoms with Gasteiger partial charge in [0, 0.05) is 28.9 Å². The van der Waals surface area contributed by atoms with Crippen LogP contribution in [0.25, 0.3) is 10.9 Å². The highest BCUT2D eigenvalue weighted by atomic mass is 32.2. The molecule has 0 saturated carbocycles. The van der Waals surface area contributed by atoms with E-state index in [0.29, 0.717) is 23.7 Å². The van der Waals surface area contributed by atoms with Gasteiger partial charge in [-0.05, 0) is 61.4 Å². The normalized spacial score (nSPS) is 14.8. The minimum atomic E-state index is -0.0598.